The van der Waals surface area contributed by atoms with Crippen molar-refractivity contribution in [2.24, 2.45) is 5.92 Å². The Hall–Kier alpha value is -1.36. The number of ether oxygens (including phenoxy) is 1. The highest BCUT2D eigenvalue weighted by Crippen LogP contribution is 2.48. The van der Waals surface area contributed by atoms with Gasteiger partial charge in [-0.15, -0.1) is 0 Å². The van der Waals surface area contributed by atoms with Crippen molar-refractivity contribution in [3.63, 3.8) is 0 Å². The van der Waals surface area contributed by atoms with E-state index in [1.807, 2.05) is 38.1 Å². The highest BCUT2D eigenvalue weighted by atomic mass is 79.9. The van der Waals surface area contributed by atoms with Gasteiger partial charge >= 0.3 is 5.97 Å². The summed E-state index contributed by atoms with van der Waals surface area (Å²) in [5.74, 6) is -0.499. The Balaban J connectivity index is 2.15. The van der Waals surface area contributed by atoms with Gasteiger partial charge in [-0.05, 0) is 36.5 Å². The maximum atomic E-state index is 12.6. The zero-order valence-electron chi connectivity index (χ0n) is 12.5. The van der Waals surface area contributed by atoms with Crippen LogP contribution in [-0.2, 0) is 19.7 Å². The standard InChI is InChI=1S/C16H20BrNO3/c1-10(2)13(14(19)21-3)18-15(20)16(8-9-16)11-4-6-12(17)7-5-11/h4-7,10,13H,8-9H2,1-3H3,(H,18,20). The van der Waals surface area contributed by atoms with Crippen molar-refractivity contribution in [2.45, 2.75) is 38.1 Å². The van der Waals surface area contributed by atoms with Crippen molar-refractivity contribution in [1.29, 1.82) is 0 Å². The Morgan fingerprint density at radius 2 is 1.81 bits per heavy atom. The van der Waals surface area contributed by atoms with Crippen LogP contribution in [0.1, 0.15) is 32.3 Å². The van der Waals surface area contributed by atoms with Crippen LogP contribution in [0.5, 0.6) is 0 Å². The van der Waals surface area contributed by atoms with Crippen molar-refractivity contribution in [2.75, 3.05) is 7.11 Å². The van der Waals surface area contributed by atoms with E-state index in [0.29, 0.717) is 0 Å². The van der Waals surface area contributed by atoms with Crippen LogP contribution in [0.3, 0.4) is 0 Å². The SMILES string of the molecule is COC(=O)C(NC(=O)C1(c2ccc(Br)cc2)CC1)C(C)C. The zero-order valence-corrected chi connectivity index (χ0v) is 14.1. The molecule has 0 radical (unpaired) electrons. The first-order valence-electron chi connectivity index (χ1n) is 7.05. The molecule has 4 nitrogen and oxygen atoms in total. The van der Waals surface area contributed by atoms with Crippen LogP contribution in [0.15, 0.2) is 28.7 Å². The number of nitrogens with one attached hydrogen (secondary N) is 1. The number of rotatable bonds is 5. The van der Waals surface area contributed by atoms with Gasteiger partial charge in [0.25, 0.3) is 0 Å². The molecule has 21 heavy (non-hydrogen) atoms. The van der Waals surface area contributed by atoms with Crippen molar-refractivity contribution in [3.05, 3.63) is 34.3 Å². The fourth-order valence-electron chi connectivity index (χ4n) is 2.44. The van der Waals surface area contributed by atoms with Gasteiger partial charge in [0.1, 0.15) is 6.04 Å². The second-order valence-corrected chi connectivity index (χ2v) is 6.72. The molecule has 5 heteroatoms. The maximum absolute atomic E-state index is 12.6. The number of methoxy groups -OCH3 is 1. The second kappa shape index (κ2) is 6.18. The average Bonchev–Trinajstić information content (AvgIpc) is 3.25. The molecule has 2 rings (SSSR count). The van der Waals surface area contributed by atoms with Gasteiger partial charge in [0.05, 0.1) is 12.5 Å². The number of hydrogen-bond donors (Lipinski definition) is 1. The predicted molar refractivity (Wildman–Crippen MR) is 83.8 cm³/mol. The Kier molecular flexibility index (Phi) is 4.71. The summed E-state index contributed by atoms with van der Waals surface area (Å²) in [6.45, 7) is 3.78. The number of benzene rings is 1. The lowest BCUT2D eigenvalue weighted by Gasteiger charge is -2.23. The summed E-state index contributed by atoms with van der Waals surface area (Å²) in [6.07, 6.45) is 1.62. The number of hydrogen-bond acceptors (Lipinski definition) is 3. The summed E-state index contributed by atoms with van der Waals surface area (Å²) in [5.41, 5.74) is 0.512. The van der Waals surface area contributed by atoms with E-state index in [9.17, 15) is 9.59 Å². The quantitative estimate of drug-likeness (QED) is 0.828. The minimum absolute atomic E-state index is 0.0119. The molecule has 1 saturated carbocycles. The van der Waals surface area contributed by atoms with E-state index < -0.39 is 17.4 Å². The topological polar surface area (TPSA) is 55.4 Å². The van der Waals surface area contributed by atoms with Gasteiger partial charge in [-0.2, -0.15) is 0 Å². The fourth-order valence-corrected chi connectivity index (χ4v) is 2.71. The lowest BCUT2D eigenvalue weighted by atomic mass is 9.93. The fraction of sp³-hybridized carbons (Fsp3) is 0.500. The lowest BCUT2D eigenvalue weighted by Crippen LogP contribution is -2.48. The van der Waals surface area contributed by atoms with Crippen molar-refractivity contribution >= 4 is 27.8 Å². The lowest BCUT2D eigenvalue weighted by molar-refractivity contribution is -0.146. The largest absolute Gasteiger partial charge is 0.467 e. The van der Waals surface area contributed by atoms with Gasteiger partial charge in [-0.3, -0.25) is 4.79 Å². The van der Waals surface area contributed by atoms with E-state index in [4.69, 9.17) is 4.74 Å². The van der Waals surface area contributed by atoms with E-state index in [2.05, 4.69) is 21.2 Å². The van der Waals surface area contributed by atoms with Crippen molar-refractivity contribution in [3.8, 4) is 0 Å². The third kappa shape index (κ3) is 3.28. The van der Waals surface area contributed by atoms with Crippen LogP contribution in [0, 0.1) is 5.92 Å². The number of carbonyl (C=O) groups is 2. The minimum Gasteiger partial charge on any atom is -0.467 e. The molecule has 1 aliphatic rings. The van der Waals surface area contributed by atoms with Crippen molar-refractivity contribution in [1.82, 2.24) is 5.32 Å². The molecule has 1 aromatic rings. The average molecular weight is 354 g/mol. The van der Waals surface area contributed by atoms with Crippen molar-refractivity contribution < 1.29 is 14.3 Å². The molecule has 1 aromatic carbocycles. The van der Waals surface area contributed by atoms with Crippen LogP contribution in [0.25, 0.3) is 0 Å². The molecule has 0 bridgehead atoms. The third-order valence-electron chi connectivity index (χ3n) is 3.99. The monoisotopic (exact) mass is 353 g/mol. The van der Waals surface area contributed by atoms with Gasteiger partial charge < -0.3 is 10.1 Å². The molecule has 0 aromatic heterocycles. The first-order valence-corrected chi connectivity index (χ1v) is 7.85. The number of carbonyl (C=O) groups excluding carboxylic acids is 2. The molecule has 1 unspecified atom stereocenters. The van der Waals surface area contributed by atoms with Gasteiger partial charge in [0.15, 0.2) is 0 Å². The van der Waals surface area contributed by atoms with E-state index in [-0.39, 0.29) is 11.8 Å². The normalized spacial score (nSPS) is 17.2. The highest BCUT2D eigenvalue weighted by molar-refractivity contribution is 9.10. The first kappa shape index (κ1) is 16.0. The van der Waals surface area contributed by atoms with Gasteiger partial charge in [0.2, 0.25) is 5.91 Å². The van der Waals surface area contributed by atoms with Gasteiger partial charge in [-0.1, -0.05) is 41.9 Å². The van der Waals surface area contributed by atoms with E-state index in [0.717, 1.165) is 22.9 Å². The van der Waals surface area contributed by atoms with Crippen LogP contribution in [-0.4, -0.2) is 25.0 Å². The molecule has 0 heterocycles. The van der Waals surface area contributed by atoms with Gasteiger partial charge in [0, 0.05) is 4.47 Å². The Morgan fingerprint density at radius 3 is 2.24 bits per heavy atom. The predicted octanol–water partition coefficient (Wildman–Crippen LogP) is 2.79. The summed E-state index contributed by atoms with van der Waals surface area (Å²) in [4.78, 5) is 24.4. The Labute approximate surface area is 133 Å². The van der Waals surface area contributed by atoms with Crippen LogP contribution in [0.2, 0.25) is 0 Å². The molecular weight excluding hydrogens is 334 g/mol. The van der Waals surface area contributed by atoms with E-state index in [1.165, 1.54) is 7.11 Å². The smallest absolute Gasteiger partial charge is 0.328 e. The molecule has 1 fully saturated rings. The molecule has 1 amide bonds. The minimum atomic E-state index is -0.601. The molecule has 1 aliphatic carbocycles. The molecule has 114 valence electrons. The van der Waals surface area contributed by atoms with E-state index in [1.54, 1.807) is 0 Å². The van der Waals surface area contributed by atoms with Crippen LogP contribution < -0.4 is 5.32 Å². The summed E-state index contributed by atoms with van der Waals surface area (Å²) >= 11 is 3.40. The number of esters is 1. The Bertz CT molecular complexity index is 535. The number of amides is 1. The summed E-state index contributed by atoms with van der Waals surface area (Å²) in [7, 11) is 1.34. The Morgan fingerprint density at radius 1 is 1.24 bits per heavy atom. The van der Waals surface area contributed by atoms with Gasteiger partial charge in [-0.25, -0.2) is 4.79 Å². The molecule has 1 N–H and O–H groups in total. The van der Waals surface area contributed by atoms with Crippen LogP contribution in [0.4, 0.5) is 0 Å². The molecule has 1 atom stereocenters. The first-order chi connectivity index (χ1) is 9.90. The summed E-state index contributed by atoms with van der Waals surface area (Å²) in [6, 6.07) is 7.18. The molecule has 0 aliphatic heterocycles. The summed E-state index contributed by atoms with van der Waals surface area (Å²) in [5, 5.41) is 2.86. The molecule has 0 saturated heterocycles. The third-order valence-corrected chi connectivity index (χ3v) is 4.52. The number of halogens is 1. The highest BCUT2D eigenvalue weighted by Gasteiger charge is 2.52. The van der Waals surface area contributed by atoms with E-state index >= 15 is 0 Å². The molecule has 0 spiro atoms. The van der Waals surface area contributed by atoms with Crippen LogP contribution >= 0.6 is 15.9 Å². The second-order valence-electron chi connectivity index (χ2n) is 5.81. The molecular formula is C16H20BrNO3. The summed E-state index contributed by atoms with van der Waals surface area (Å²) < 4.78 is 5.75. The zero-order chi connectivity index (χ0) is 15.6. The maximum Gasteiger partial charge on any atom is 0.328 e.